The quantitative estimate of drug-likeness (QED) is 0.428. The number of nitrogens with one attached hydrogen (secondary N) is 2. The third-order valence-corrected chi connectivity index (χ3v) is 3.39. The number of non-ortho nitro benzene ring substituents is 1. The SMILES string of the molecule is O=C(NCC(O)CO)c1cc(C(=O)Nc2ccccc2)cc([N+](=O)[O-])c1. The van der Waals surface area contributed by atoms with E-state index < -0.39 is 35.1 Å². The second kappa shape index (κ2) is 8.70. The number of para-hydroxylation sites is 1. The van der Waals surface area contributed by atoms with Crippen molar-refractivity contribution in [3.05, 3.63) is 69.8 Å². The second-order valence-electron chi connectivity index (χ2n) is 5.39. The van der Waals surface area contributed by atoms with Crippen LogP contribution < -0.4 is 10.6 Å². The zero-order valence-electron chi connectivity index (χ0n) is 13.6. The van der Waals surface area contributed by atoms with Crippen molar-refractivity contribution in [1.82, 2.24) is 5.32 Å². The highest BCUT2D eigenvalue weighted by atomic mass is 16.6. The first-order chi connectivity index (χ1) is 12.4. The van der Waals surface area contributed by atoms with E-state index in [1.165, 1.54) is 6.07 Å². The number of rotatable bonds is 7. The van der Waals surface area contributed by atoms with Crippen molar-refractivity contribution >= 4 is 23.2 Å². The number of anilines is 1. The van der Waals surface area contributed by atoms with E-state index in [0.29, 0.717) is 5.69 Å². The first-order valence-corrected chi connectivity index (χ1v) is 7.63. The molecular weight excluding hydrogens is 342 g/mol. The number of hydrogen-bond acceptors (Lipinski definition) is 6. The molecule has 0 spiro atoms. The van der Waals surface area contributed by atoms with Crippen molar-refractivity contribution < 1.29 is 24.7 Å². The lowest BCUT2D eigenvalue weighted by Crippen LogP contribution is -2.34. The molecule has 2 rings (SSSR count). The van der Waals surface area contributed by atoms with Gasteiger partial charge in [-0.25, -0.2) is 0 Å². The molecule has 1 unspecified atom stereocenters. The van der Waals surface area contributed by atoms with Crippen LogP contribution in [-0.4, -0.2) is 46.2 Å². The smallest absolute Gasteiger partial charge is 0.271 e. The van der Waals surface area contributed by atoms with Gasteiger partial charge < -0.3 is 20.8 Å². The molecule has 0 aliphatic carbocycles. The average molecular weight is 359 g/mol. The van der Waals surface area contributed by atoms with E-state index in [0.717, 1.165) is 12.1 Å². The number of carbonyl (C=O) groups is 2. The highest BCUT2D eigenvalue weighted by Gasteiger charge is 2.18. The number of amides is 2. The van der Waals surface area contributed by atoms with Gasteiger partial charge in [-0.1, -0.05) is 18.2 Å². The van der Waals surface area contributed by atoms with E-state index in [1.54, 1.807) is 30.3 Å². The van der Waals surface area contributed by atoms with Crippen molar-refractivity contribution in [3.63, 3.8) is 0 Å². The molecule has 9 heteroatoms. The zero-order valence-corrected chi connectivity index (χ0v) is 13.6. The van der Waals surface area contributed by atoms with Gasteiger partial charge in [0.05, 0.1) is 17.6 Å². The number of hydrogen-bond donors (Lipinski definition) is 4. The average Bonchev–Trinajstić information content (AvgIpc) is 2.66. The molecule has 4 N–H and O–H groups in total. The lowest BCUT2D eigenvalue weighted by Gasteiger charge is -2.10. The lowest BCUT2D eigenvalue weighted by atomic mass is 10.1. The number of nitrogens with zero attached hydrogens (tertiary/aromatic N) is 1. The Bertz CT molecular complexity index is 809. The minimum absolute atomic E-state index is 0.0593. The fraction of sp³-hybridized carbons (Fsp3) is 0.176. The van der Waals surface area contributed by atoms with Gasteiger partial charge in [0, 0.05) is 35.5 Å². The van der Waals surface area contributed by atoms with Crippen molar-refractivity contribution in [2.45, 2.75) is 6.10 Å². The van der Waals surface area contributed by atoms with Gasteiger partial charge in [0.2, 0.25) is 0 Å². The number of aliphatic hydroxyl groups is 2. The van der Waals surface area contributed by atoms with Crippen LogP contribution in [0.2, 0.25) is 0 Å². The lowest BCUT2D eigenvalue weighted by molar-refractivity contribution is -0.384. The summed E-state index contributed by atoms with van der Waals surface area (Å²) >= 11 is 0. The Kier molecular flexibility index (Phi) is 6.36. The van der Waals surface area contributed by atoms with E-state index in [9.17, 15) is 24.8 Å². The maximum Gasteiger partial charge on any atom is 0.271 e. The van der Waals surface area contributed by atoms with Crippen molar-refractivity contribution in [1.29, 1.82) is 0 Å². The number of aliphatic hydroxyl groups excluding tert-OH is 2. The minimum atomic E-state index is -1.15. The highest BCUT2D eigenvalue weighted by molar-refractivity contribution is 6.06. The number of benzene rings is 2. The van der Waals surface area contributed by atoms with Crippen LogP contribution in [0, 0.1) is 10.1 Å². The van der Waals surface area contributed by atoms with Gasteiger partial charge in [-0.3, -0.25) is 19.7 Å². The topological polar surface area (TPSA) is 142 Å². The summed E-state index contributed by atoms with van der Waals surface area (Å²) in [6.45, 7) is -0.774. The van der Waals surface area contributed by atoms with Crippen LogP contribution in [0.4, 0.5) is 11.4 Å². The Labute approximate surface area is 148 Å². The molecule has 0 saturated heterocycles. The number of carbonyl (C=O) groups excluding carboxylic acids is 2. The molecule has 0 aliphatic rings. The molecule has 9 nitrogen and oxygen atoms in total. The highest BCUT2D eigenvalue weighted by Crippen LogP contribution is 2.19. The first-order valence-electron chi connectivity index (χ1n) is 7.63. The normalized spacial score (nSPS) is 11.5. The van der Waals surface area contributed by atoms with Crippen LogP contribution in [0.1, 0.15) is 20.7 Å². The van der Waals surface area contributed by atoms with E-state index in [1.807, 2.05) is 0 Å². The summed E-state index contributed by atoms with van der Waals surface area (Å²) in [6, 6.07) is 11.8. The third-order valence-electron chi connectivity index (χ3n) is 3.39. The number of nitro benzene ring substituents is 1. The predicted molar refractivity (Wildman–Crippen MR) is 92.9 cm³/mol. The van der Waals surface area contributed by atoms with Gasteiger partial charge in [-0.15, -0.1) is 0 Å². The van der Waals surface area contributed by atoms with Gasteiger partial charge in [0.25, 0.3) is 17.5 Å². The Morgan fingerprint density at radius 1 is 1.08 bits per heavy atom. The molecule has 1 atom stereocenters. The standard InChI is InChI=1S/C17H17N3O6/c21-10-15(22)9-18-16(23)11-6-12(8-14(7-11)20(25)26)17(24)19-13-4-2-1-3-5-13/h1-8,15,21-22H,9-10H2,(H,18,23)(H,19,24). The van der Waals surface area contributed by atoms with Gasteiger partial charge in [0.1, 0.15) is 0 Å². The Morgan fingerprint density at radius 2 is 1.69 bits per heavy atom. The van der Waals surface area contributed by atoms with Gasteiger partial charge in [0.15, 0.2) is 0 Å². The molecule has 0 radical (unpaired) electrons. The zero-order chi connectivity index (χ0) is 19.1. The van der Waals surface area contributed by atoms with Crippen LogP contribution in [0.15, 0.2) is 48.5 Å². The summed E-state index contributed by atoms with van der Waals surface area (Å²) in [5.41, 5.74) is -0.0851. The molecule has 136 valence electrons. The molecule has 2 amide bonds. The second-order valence-corrected chi connectivity index (χ2v) is 5.39. The van der Waals surface area contributed by atoms with Gasteiger partial charge in [-0.2, -0.15) is 0 Å². The fourth-order valence-electron chi connectivity index (χ4n) is 2.08. The Hall–Kier alpha value is -3.30. The summed E-state index contributed by atoms with van der Waals surface area (Å²) in [7, 11) is 0. The van der Waals surface area contributed by atoms with Gasteiger partial charge >= 0.3 is 0 Å². The van der Waals surface area contributed by atoms with Crippen LogP contribution in [0.25, 0.3) is 0 Å². The summed E-state index contributed by atoms with van der Waals surface area (Å²) in [5, 5.41) is 34.0. The maximum absolute atomic E-state index is 12.3. The molecule has 26 heavy (non-hydrogen) atoms. The molecule has 0 bridgehead atoms. The van der Waals surface area contributed by atoms with Crippen molar-refractivity contribution in [3.8, 4) is 0 Å². The molecule has 2 aromatic rings. The molecule has 0 aromatic heterocycles. The maximum atomic E-state index is 12.3. The summed E-state index contributed by atoms with van der Waals surface area (Å²) < 4.78 is 0. The fourth-order valence-corrected chi connectivity index (χ4v) is 2.08. The molecule has 0 saturated carbocycles. The van der Waals surface area contributed by atoms with E-state index in [-0.39, 0.29) is 17.7 Å². The monoisotopic (exact) mass is 359 g/mol. The predicted octanol–water partition coefficient (Wildman–Crippen LogP) is 0.930. The van der Waals surface area contributed by atoms with Crippen LogP contribution in [0.5, 0.6) is 0 Å². The third kappa shape index (κ3) is 5.10. The van der Waals surface area contributed by atoms with E-state index in [4.69, 9.17) is 5.11 Å². The Morgan fingerprint density at radius 3 is 2.27 bits per heavy atom. The largest absolute Gasteiger partial charge is 0.394 e. The van der Waals surface area contributed by atoms with E-state index in [2.05, 4.69) is 10.6 Å². The van der Waals surface area contributed by atoms with Crippen LogP contribution in [0.3, 0.4) is 0 Å². The van der Waals surface area contributed by atoms with Gasteiger partial charge in [-0.05, 0) is 18.2 Å². The first kappa shape index (κ1) is 19.0. The van der Waals surface area contributed by atoms with Crippen LogP contribution in [-0.2, 0) is 0 Å². The van der Waals surface area contributed by atoms with Crippen LogP contribution >= 0.6 is 0 Å². The van der Waals surface area contributed by atoms with Crippen molar-refractivity contribution in [2.24, 2.45) is 0 Å². The van der Waals surface area contributed by atoms with E-state index >= 15 is 0 Å². The summed E-state index contributed by atoms with van der Waals surface area (Å²) in [4.78, 5) is 34.8. The molecular formula is C17H17N3O6. The molecule has 0 fully saturated rings. The molecule has 0 heterocycles. The van der Waals surface area contributed by atoms with Crippen molar-refractivity contribution in [2.75, 3.05) is 18.5 Å². The minimum Gasteiger partial charge on any atom is -0.394 e. The Balaban J connectivity index is 2.25. The summed E-state index contributed by atoms with van der Waals surface area (Å²) in [6.07, 6.45) is -1.15. The number of nitro groups is 1. The molecule has 2 aromatic carbocycles. The summed E-state index contributed by atoms with van der Waals surface area (Å²) in [5.74, 6) is -1.32. The molecule has 0 aliphatic heterocycles.